The number of aryl methyl sites for hydroxylation is 2. The second-order valence-corrected chi connectivity index (χ2v) is 7.25. The van der Waals surface area contributed by atoms with Crippen LogP contribution in [-0.2, 0) is 9.53 Å². The van der Waals surface area contributed by atoms with Crippen molar-refractivity contribution in [2.75, 3.05) is 5.32 Å². The minimum absolute atomic E-state index is 0.395. The van der Waals surface area contributed by atoms with E-state index in [9.17, 15) is 9.59 Å². The first-order chi connectivity index (χ1) is 14.5. The van der Waals surface area contributed by atoms with Gasteiger partial charge in [-0.15, -0.1) is 0 Å². The van der Waals surface area contributed by atoms with Crippen LogP contribution in [0.1, 0.15) is 33.2 Å². The summed E-state index contributed by atoms with van der Waals surface area (Å²) in [6, 6.07) is 22.3. The molecule has 0 spiro atoms. The Morgan fingerprint density at radius 2 is 1.67 bits per heavy atom. The average molecular weight is 398 g/mol. The first kappa shape index (κ1) is 19.5. The number of esters is 1. The number of fused-ring (bicyclic) bond motifs is 1. The van der Waals surface area contributed by atoms with E-state index >= 15 is 0 Å². The maximum Gasteiger partial charge on any atom is 0.341 e. The largest absolute Gasteiger partial charge is 0.444 e. The van der Waals surface area contributed by atoms with Crippen LogP contribution >= 0.6 is 0 Å². The summed E-state index contributed by atoms with van der Waals surface area (Å²) < 4.78 is 5.72. The molecular weight excluding hydrogens is 376 g/mol. The van der Waals surface area contributed by atoms with E-state index in [1.165, 1.54) is 0 Å². The van der Waals surface area contributed by atoms with E-state index in [1.807, 2.05) is 74.5 Å². The highest BCUT2D eigenvalue weighted by atomic mass is 16.5. The number of anilines is 1. The molecule has 4 aromatic rings. The third kappa shape index (κ3) is 3.96. The van der Waals surface area contributed by atoms with Crippen molar-refractivity contribution in [2.24, 2.45) is 0 Å². The Hall–Kier alpha value is -3.86. The molecular formula is C25H22N2O3. The van der Waals surface area contributed by atoms with Gasteiger partial charge in [-0.05, 0) is 37.1 Å². The monoisotopic (exact) mass is 398 g/mol. The average Bonchev–Trinajstić information content (AvgIpc) is 3.19. The van der Waals surface area contributed by atoms with Gasteiger partial charge in [0.05, 0.1) is 5.56 Å². The summed E-state index contributed by atoms with van der Waals surface area (Å²) in [5.41, 5.74) is 4.50. The Morgan fingerprint density at radius 3 is 2.47 bits per heavy atom. The zero-order chi connectivity index (χ0) is 21.1. The fourth-order valence-corrected chi connectivity index (χ4v) is 3.38. The lowest BCUT2D eigenvalue weighted by Crippen LogP contribution is -2.26. The van der Waals surface area contributed by atoms with E-state index in [4.69, 9.17) is 4.74 Å². The van der Waals surface area contributed by atoms with Crippen molar-refractivity contribution in [3.8, 4) is 0 Å². The van der Waals surface area contributed by atoms with Gasteiger partial charge in [-0.2, -0.15) is 0 Å². The van der Waals surface area contributed by atoms with Crippen molar-refractivity contribution in [1.29, 1.82) is 0 Å². The van der Waals surface area contributed by atoms with E-state index in [0.717, 1.165) is 22.0 Å². The highest BCUT2D eigenvalue weighted by molar-refractivity contribution is 6.05. The first-order valence-electron chi connectivity index (χ1n) is 9.73. The lowest BCUT2D eigenvalue weighted by Gasteiger charge is -2.19. The van der Waals surface area contributed by atoms with E-state index in [1.54, 1.807) is 18.3 Å². The van der Waals surface area contributed by atoms with Gasteiger partial charge in [0.15, 0.2) is 0 Å². The number of aromatic amines is 1. The predicted molar refractivity (Wildman–Crippen MR) is 117 cm³/mol. The molecule has 0 bridgehead atoms. The number of hydrogen-bond acceptors (Lipinski definition) is 3. The molecule has 3 aromatic carbocycles. The molecule has 0 saturated heterocycles. The first-order valence-corrected chi connectivity index (χ1v) is 9.73. The number of amides is 1. The highest BCUT2D eigenvalue weighted by Crippen LogP contribution is 2.26. The van der Waals surface area contributed by atoms with Gasteiger partial charge in [-0.25, -0.2) is 4.79 Å². The number of ether oxygens (including phenoxy) is 1. The molecule has 1 amide bonds. The molecule has 1 aromatic heterocycles. The minimum atomic E-state index is -1.08. The maximum absolute atomic E-state index is 13.1. The molecule has 5 nitrogen and oxygen atoms in total. The topological polar surface area (TPSA) is 71.2 Å². The molecule has 4 rings (SSSR count). The SMILES string of the molecule is Cc1ccc(C)c(NC(=O)C(OC(=O)c2c[nH]c3ccccc23)c2ccccc2)c1. The number of hydrogen-bond donors (Lipinski definition) is 2. The number of carbonyl (C=O) groups excluding carboxylic acids is 2. The Morgan fingerprint density at radius 1 is 0.933 bits per heavy atom. The summed E-state index contributed by atoms with van der Waals surface area (Å²) in [6.45, 7) is 3.88. The Kier molecular flexibility index (Phi) is 5.35. The van der Waals surface area contributed by atoms with Gasteiger partial charge >= 0.3 is 5.97 Å². The highest BCUT2D eigenvalue weighted by Gasteiger charge is 2.27. The second-order valence-electron chi connectivity index (χ2n) is 7.25. The smallest absolute Gasteiger partial charge is 0.341 e. The molecule has 1 heterocycles. The fourth-order valence-electron chi connectivity index (χ4n) is 3.38. The number of aromatic nitrogens is 1. The Labute approximate surface area is 174 Å². The molecule has 0 aliphatic rings. The fraction of sp³-hybridized carbons (Fsp3) is 0.120. The van der Waals surface area contributed by atoms with Crippen LogP contribution < -0.4 is 5.32 Å². The van der Waals surface area contributed by atoms with Gasteiger partial charge in [-0.3, -0.25) is 4.79 Å². The summed E-state index contributed by atoms with van der Waals surface area (Å²) in [5, 5.41) is 3.67. The zero-order valence-electron chi connectivity index (χ0n) is 16.8. The van der Waals surface area contributed by atoms with E-state index < -0.39 is 18.0 Å². The number of nitrogens with one attached hydrogen (secondary N) is 2. The van der Waals surface area contributed by atoms with Crippen molar-refractivity contribution < 1.29 is 14.3 Å². The third-order valence-electron chi connectivity index (χ3n) is 5.03. The summed E-state index contributed by atoms with van der Waals surface area (Å²) in [7, 11) is 0. The van der Waals surface area contributed by atoms with Gasteiger partial charge in [0, 0.05) is 28.4 Å². The summed E-state index contributed by atoms with van der Waals surface area (Å²) in [5.74, 6) is -0.958. The third-order valence-corrected chi connectivity index (χ3v) is 5.03. The quantitative estimate of drug-likeness (QED) is 0.447. The molecule has 1 atom stereocenters. The number of H-pyrrole nitrogens is 1. The van der Waals surface area contributed by atoms with Gasteiger partial charge in [0.25, 0.3) is 5.91 Å². The van der Waals surface area contributed by atoms with Crippen LogP contribution in [0.2, 0.25) is 0 Å². The number of rotatable bonds is 5. The van der Waals surface area contributed by atoms with E-state index in [0.29, 0.717) is 16.8 Å². The summed E-state index contributed by atoms with van der Waals surface area (Å²) in [4.78, 5) is 29.2. The van der Waals surface area contributed by atoms with Crippen LogP contribution in [-0.4, -0.2) is 16.9 Å². The molecule has 30 heavy (non-hydrogen) atoms. The zero-order valence-corrected chi connectivity index (χ0v) is 16.8. The molecule has 1 unspecified atom stereocenters. The lowest BCUT2D eigenvalue weighted by atomic mass is 10.1. The number of para-hydroxylation sites is 1. The van der Waals surface area contributed by atoms with Gasteiger partial charge < -0.3 is 15.0 Å². The number of carbonyl (C=O) groups is 2. The molecule has 0 saturated carbocycles. The van der Waals surface area contributed by atoms with E-state index in [2.05, 4.69) is 10.3 Å². The molecule has 2 N–H and O–H groups in total. The van der Waals surface area contributed by atoms with Crippen LogP contribution in [0.15, 0.2) is 79.0 Å². The van der Waals surface area contributed by atoms with Crippen molar-refractivity contribution in [1.82, 2.24) is 4.98 Å². The van der Waals surface area contributed by atoms with Crippen molar-refractivity contribution in [3.63, 3.8) is 0 Å². The maximum atomic E-state index is 13.1. The van der Waals surface area contributed by atoms with Crippen molar-refractivity contribution in [2.45, 2.75) is 20.0 Å². The van der Waals surface area contributed by atoms with E-state index in [-0.39, 0.29) is 0 Å². The molecule has 0 aliphatic carbocycles. The molecule has 0 radical (unpaired) electrons. The Balaban J connectivity index is 1.64. The van der Waals surface area contributed by atoms with Crippen molar-refractivity contribution >= 4 is 28.5 Å². The lowest BCUT2D eigenvalue weighted by molar-refractivity contribution is -0.125. The van der Waals surface area contributed by atoms with Crippen LogP contribution in [0.3, 0.4) is 0 Å². The van der Waals surface area contributed by atoms with Crippen LogP contribution in [0.4, 0.5) is 5.69 Å². The molecule has 0 fully saturated rings. The van der Waals surface area contributed by atoms with Crippen LogP contribution in [0.25, 0.3) is 10.9 Å². The summed E-state index contributed by atoms with van der Waals surface area (Å²) in [6.07, 6.45) is 0.532. The van der Waals surface area contributed by atoms with Gasteiger partial charge in [-0.1, -0.05) is 60.7 Å². The van der Waals surface area contributed by atoms with Crippen LogP contribution in [0, 0.1) is 13.8 Å². The van der Waals surface area contributed by atoms with Crippen molar-refractivity contribution in [3.05, 3.63) is 101 Å². The molecule has 150 valence electrons. The minimum Gasteiger partial charge on any atom is -0.444 e. The molecule has 0 aliphatic heterocycles. The molecule has 5 heteroatoms. The van der Waals surface area contributed by atoms with Gasteiger partial charge in [0.1, 0.15) is 0 Å². The standard InChI is InChI=1S/C25H22N2O3/c1-16-12-13-17(2)22(14-16)27-24(28)23(18-8-4-3-5-9-18)30-25(29)20-15-26-21-11-7-6-10-19(20)21/h3-15,23,26H,1-2H3,(H,27,28). The van der Waals surface area contributed by atoms with Gasteiger partial charge in [0.2, 0.25) is 6.10 Å². The normalized spacial score (nSPS) is 11.8. The number of benzene rings is 3. The van der Waals surface area contributed by atoms with Crippen LogP contribution in [0.5, 0.6) is 0 Å². The summed E-state index contributed by atoms with van der Waals surface area (Å²) >= 11 is 0. The predicted octanol–water partition coefficient (Wildman–Crippen LogP) is 5.32. The second kappa shape index (κ2) is 8.25. The Bertz CT molecular complexity index is 1210.